The van der Waals surface area contributed by atoms with Crippen LogP contribution in [0.25, 0.3) is 0 Å². The summed E-state index contributed by atoms with van der Waals surface area (Å²) < 4.78 is 0. The van der Waals surface area contributed by atoms with Crippen LogP contribution < -0.4 is 10.6 Å². The number of benzene rings is 1. The molecular formula is C17H22N2O2. The van der Waals surface area contributed by atoms with Gasteiger partial charge in [-0.3, -0.25) is 9.59 Å². The lowest BCUT2D eigenvalue weighted by atomic mass is 9.67. The topological polar surface area (TPSA) is 58.2 Å². The number of carbonyl (C=O) groups is 2. The van der Waals surface area contributed by atoms with Crippen molar-refractivity contribution in [3.8, 4) is 0 Å². The maximum atomic E-state index is 13.0. The lowest BCUT2D eigenvalue weighted by Crippen LogP contribution is -2.54. The molecule has 2 atom stereocenters. The van der Waals surface area contributed by atoms with Crippen LogP contribution in [0.15, 0.2) is 24.3 Å². The molecule has 1 fully saturated rings. The maximum absolute atomic E-state index is 13.0. The molecule has 0 radical (unpaired) electrons. The number of anilines is 1. The first-order valence-electron chi connectivity index (χ1n) is 7.83. The van der Waals surface area contributed by atoms with Crippen LogP contribution in [-0.2, 0) is 4.79 Å². The van der Waals surface area contributed by atoms with Crippen molar-refractivity contribution < 1.29 is 9.59 Å². The highest BCUT2D eigenvalue weighted by molar-refractivity contribution is 6.08. The van der Waals surface area contributed by atoms with Crippen LogP contribution in [0.5, 0.6) is 0 Å². The van der Waals surface area contributed by atoms with E-state index in [1.54, 1.807) is 0 Å². The number of piperidine rings is 1. The molecule has 112 valence electrons. The molecule has 0 bridgehead atoms. The Labute approximate surface area is 125 Å². The van der Waals surface area contributed by atoms with Crippen molar-refractivity contribution in [3.05, 3.63) is 29.8 Å². The average Bonchev–Trinajstić information content (AvgIpc) is 2.56. The zero-order valence-corrected chi connectivity index (χ0v) is 12.4. The molecule has 1 saturated heterocycles. The van der Waals surface area contributed by atoms with Crippen LogP contribution in [0.3, 0.4) is 0 Å². The number of carbonyl (C=O) groups excluding carboxylic acids is 2. The van der Waals surface area contributed by atoms with Crippen molar-refractivity contribution >= 4 is 17.4 Å². The minimum Gasteiger partial charge on any atom is -0.325 e. The quantitative estimate of drug-likeness (QED) is 0.834. The minimum atomic E-state index is -0.176. The molecule has 1 amide bonds. The Morgan fingerprint density at radius 1 is 1.24 bits per heavy atom. The van der Waals surface area contributed by atoms with E-state index in [4.69, 9.17) is 0 Å². The molecule has 0 unspecified atom stereocenters. The highest BCUT2D eigenvalue weighted by Gasteiger charge is 2.44. The fourth-order valence-electron chi connectivity index (χ4n) is 3.78. The molecule has 21 heavy (non-hydrogen) atoms. The number of amides is 1. The SMILES string of the molecule is CC[C@]12CCCN[C@H]1C(=O)c1ccccc1NC(=O)CC2. The molecule has 0 aromatic heterocycles. The van der Waals surface area contributed by atoms with E-state index < -0.39 is 0 Å². The largest absolute Gasteiger partial charge is 0.325 e. The Bertz CT molecular complexity index is 570. The smallest absolute Gasteiger partial charge is 0.224 e. The number of ketones is 1. The Morgan fingerprint density at radius 3 is 2.86 bits per heavy atom. The first kappa shape index (κ1) is 14.3. The van der Waals surface area contributed by atoms with Gasteiger partial charge in [0.2, 0.25) is 5.91 Å². The summed E-state index contributed by atoms with van der Waals surface area (Å²) >= 11 is 0. The van der Waals surface area contributed by atoms with Gasteiger partial charge in [0, 0.05) is 12.0 Å². The van der Waals surface area contributed by atoms with Crippen molar-refractivity contribution in [2.75, 3.05) is 11.9 Å². The average molecular weight is 286 g/mol. The van der Waals surface area contributed by atoms with Crippen LogP contribution in [0.4, 0.5) is 5.69 Å². The molecule has 2 heterocycles. The van der Waals surface area contributed by atoms with Gasteiger partial charge in [-0.2, -0.15) is 0 Å². The Balaban J connectivity index is 2.08. The fraction of sp³-hybridized carbons (Fsp3) is 0.529. The third kappa shape index (κ3) is 2.48. The number of para-hydroxylation sites is 1. The zero-order chi connectivity index (χ0) is 14.9. The van der Waals surface area contributed by atoms with Gasteiger partial charge in [0.25, 0.3) is 0 Å². The van der Waals surface area contributed by atoms with E-state index in [0.29, 0.717) is 17.7 Å². The first-order chi connectivity index (χ1) is 10.2. The van der Waals surface area contributed by atoms with Crippen LogP contribution in [0, 0.1) is 5.41 Å². The van der Waals surface area contributed by atoms with Gasteiger partial charge in [-0.05, 0) is 49.8 Å². The number of Topliss-reactive ketones (excluding diaryl/α,β-unsaturated/α-hetero) is 1. The van der Waals surface area contributed by atoms with Crippen LogP contribution >= 0.6 is 0 Å². The van der Waals surface area contributed by atoms with Crippen molar-refractivity contribution in [1.29, 1.82) is 0 Å². The predicted molar refractivity (Wildman–Crippen MR) is 82.4 cm³/mol. The monoisotopic (exact) mass is 286 g/mol. The van der Waals surface area contributed by atoms with E-state index in [9.17, 15) is 9.59 Å². The number of hydrogen-bond acceptors (Lipinski definition) is 3. The molecule has 0 aliphatic carbocycles. The van der Waals surface area contributed by atoms with Crippen LogP contribution in [-0.4, -0.2) is 24.3 Å². The van der Waals surface area contributed by atoms with Gasteiger partial charge in [0.05, 0.1) is 11.7 Å². The molecule has 3 rings (SSSR count). The molecule has 2 N–H and O–H groups in total. The first-order valence-corrected chi connectivity index (χ1v) is 7.83. The summed E-state index contributed by atoms with van der Waals surface area (Å²) in [5, 5.41) is 6.32. The normalized spacial score (nSPS) is 29.5. The maximum Gasteiger partial charge on any atom is 0.224 e. The van der Waals surface area contributed by atoms with E-state index in [1.807, 2.05) is 24.3 Å². The lowest BCUT2D eigenvalue weighted by molar-refractivity contribution is -0.117. The summed E-state index contributed by atoms with van der Waals surface area (Å²) in [4.78, 5) is 25.2. The zero-order valence-electron chi connectivity index (χ0n) is 12.4. The fourth-order valence-corrected chi connectivity index (χ4v) is 3.78. The Morgan fingerprint density at radius 2 is 2.05 bits per heavy atom. The highest BCUT2D eigenvalue weighted by Crippen LogP contribution is 2.42. The minimum absolute atomic E-state index is 0.00861. The summed E-state index contributed by atoms with van der Waals surface area (Å²) in [5.41, 5.74) is 1.18. The molecule has 2 aliphatic rings. The second-order valence-corrected chi connectivity index (χ2v) is 6.16. The van der Waals surface area contributed by atoms with E-state index in [2.05, 4.69) is 17.6 Å². The number of hydrogen-bond donors (Lipinski definition) is 2. The third-order valence-electron chi connectivity index (χ3n) is 5.10. The summed E-state index contributed by atoms with van der Waals surface area (Å²) in [5.74, 6) is 0.128. The van der Waals surface area contributed by atoms with Gasteiger partial charge in [-0.1, -0.05) is 19.1 Å². The Kier molecular flexibility index (Phi) is 3.81. The molecule has 1 aromatic rings. The van der Waals surface area contributed by atoms with Gasteiger partial charge in [0.1, 0.15) is 0 Å². The number of rotatable bonds is 1. The lowest BCUT2D eigenvalue weighted by Gasteiger charge is -2.43. The molecule has 2 aliphatic heterocycles. The van der Waals surface area contributed by atoms with Crippen molar-refractivity contribution in [2.24, 2.45) is 5.41 Å². The summed E-state index contributed by atoms with van der Waals surface area (Å²) in [7, 11) is 0. The van der Waals surface area contributed by atoms with Crippen LogP contribution in [0.2, 0.25) is 0 Å². The molecule has 4 heteroatoms. The van der Waals surface area contributed by atoms with E-state index >= 15 is 0 Å². The number of fused-ring (bicyclic) bond motifs is 2. The molecule has 0 spiro atoms. The van der Waals surface area contributed by atoms with Gasteiger partial charge in [-0.15, -0.1) is 0 Å². The highest BCUT2D eigenvalue weighted by atomic mass is 16.2. The third-order valence-corrected chi connectivity index (χ3v) is 5.10. The summed E-state index contributed by atoms with van der Waals surface area (Å²) in [6.07, 6.45) is 4.26. The standard InChI is InChI=1S/C17H22N2O2/c1-2-17-9-5-11-18-16(17)15(21)12-6-3-4-7-13(12)19-14(20)8-10-17/h3-4,6-7,16,18H,2,5,8-11H2,1H3,(H,19,20)/t16-,17+/m0/s1. The van der Waals surface area contributed by atoms with Gasteiger partial charge in [0.15, 0.2) is 5.78 Å². The van der Waals surface area contributed by atoms with Crippen molar-refractivity contribution in [3.63, 3.8) is 0 Å². The van der Waals surface area contributed by atoms with E-state index in [1.165, 1.54) is 0 Å². The second kappa shape index (κ2) is 5.60. The van der Waals surface area contributed by atoms with E-state index in [0.717, 1.165) is 32.2 Å². The van der Waals surface area contributed by atoms with Gasteiger partial charge < -0.3 is 10.6 Å². The molecule has 4 nitrogen and oxygen atoms in total. The van der Waals surface area contributed by atoms with Gasteiger partial charge >= 0.3 is 0 Å². The Hall–Kier alpha value is -1.68. The second-order valence-electron chi connectivity index (χ2n) is 6.16. The van der Waals surface area contributed by atoms with Crippen molar-refractivity contribution in [2.45, 2.75) is 45.1 Å². The summed E-state index contributed by atoms with van der Waals surface area (Å²) in [6, 6.07) is 7.17. The van der Waals surface area contributed by atoms with Crippen LogP contribution in [0.1, 0.15) is 49.4 Å². The van der Waals surface area contributed by atoms with Crippen molar-refractivity contribution in [1.82, 2.24) is 5.32 Å². The number of nitrogens with one attached hydrogen (secondary N) is 2. The van der Waals surface area contributed by atoms with Gasteiger partial charge in [-0.25, -0.2) is 0 Å². The molecule has 0 saturated carbocycles. The summed E-state index contributed by atoms with van der Waals surface area (Å²) in [6.45, 7) is 3.01. The predicted octanol–water partition coefficient (Wildman–Crippen LogP) is 2.75. The van der Waals surface area contributed by atoms with E-state index in [-0.39, 0.29) is 23.1 Å². The molecular weight excluding hydrogens is 264 g/mol. The molecule has 1 aromatic carbocycles.